The summed E-state index contributed by atoms with van der Waals surface area (Å²) < 4.78 is 10.9. The number of fused-ring (bicyclic) bond motifs is 1. The molecule has 0 aliphatic carbocycles. The highest BCUT2D eigenvalue weighted by Gasteiger charge is 2.41. The van der Waals surface area contributed by atoms with Gasteiger partial charge in [-0.25, -0.2) is 4.79 Å². The number of furan rings is 1. The van der Waals surface area contributed by atoms with Crippen LogP contribution in [0.15, 0.2) is 28.7 Å². The van der Waals surface area contributed by atoms with Crippen LogP contribution in [0.25, 0.3) is 11.0 Å². The fourth-order valence-electron chi connectivity index (χ4n) is 2.94. The molecule has 3 rings (SSSR count). The van der Waals surface area contributed by atoms with E-state index in [9.17, 15) is 14.7 Å². The van der Waals surface area contributed by atoms with Gasteiger partial charge in [0, 0.05) is 31.0 Å². The summed E-state index contributed by atoms with van der Waals surface area (Å²) in [5.74, 6) is -1.23. The van der Waals surface area contributed by atoms with Crippen molar-refractivity contribution in [1.82, 2.24) is 4.90 Å². The molecule has 116 valence electrons. The van der Waals surface area contributed by atoms with Gasteiger partial charge < -0.3 is 19.2 Å². The molecule has 2 unspecified atom stereocenters. The van der Waals surface area contributed by atoms with Crippen LogP contribution in [0, 0.1) is 6.92 Å². The Labute approximate surface area is 127 Å². The smallest absolute Gasteiger partial charge is 0.326 e. The van der Waals surface area contributed by atoms with E-state index >= 15 is 0 Å². The molecule has 1 N–H and O–H groups in total. The van der Waals surface area contributed by atoms with Crippen molar-refractivity contribution in [3.8, 4) is 0 Å². The van der Waals surface area contributed by atoms with Gasteiger partial charge in [-0.15, -0.1) is 0 Å². The van der Waals surface area contributed by atoms with Crippen LogP contribution in [0.5, 0.6) is 0 Å². The van der Waals surface area contributed by atoms with E-state index in [1.807, 2.05) is 18.2 Å². The lowest BCUT2D eigenvalue weighted by Crippen LogP contribution is -2.40. The molecule has 1 aliphatic rings. The van der Waals surface area contributed by atoms with Gasteiger partial charge in [0.15, 0.2) is 5.76 Å². The predicted octanol–water partition coefficient (Wildman–Crippen LogP) is 2.06. The molecule has 1 saturated heterocycles. The number of hydrogen-bond donors (Lipinski definition) is 1. The number of para-hydroxylation sites is 1. The third kappa shape index (κ3) is 2.25. The molecular weight excluding hydrogens is 286 g/mol. The molecule has 1 amide bonds. The maximum absolute atomic E-state index is 12.7. The SMILES string of the molecule is COC1CC(C(=O)O)N(C(=O)c2oc3ccccc3c2C)C1. The zero-order chi connectivity index (χ0) is 15.9. The first-order valence-electron chi connectivity index (χ1n) is 7.07. The second kappa shape index (κ2) is 5.46. The first-order valence-corrected chi connectivity index (χ1v) is 7.07. The number of carboxylic acid groups (broad SMARTS) is 1. The molecule has 22 heavy (non-hydrogen) atoms. The summed E-state index contributed by atoms with van der Waals surface area (Å²) >= 11 is 0. The highest BCUT2D eigenvalue weighted by molar-refractivity contribution is 6.00. The van der Waals surface area contributed by atoms with Gasteiger partial charge in [-0.1, -0.05) is 18.2 Å². The summed E-state index contributed by atoms with van der Waals surface area (Å²) in [5.41, 5.74) is 1.35. The van der Waals surface area contributed by atoms with Gasteiger partial charge in [0.25, 0.3) is 5.91 Å². The van der Waals surface area contributed by atoms with Crippen LogP contribution in [0.3, 0.4) is 0 Å². The number of likely N-dealkylation sites (tertiary alicyclic amines) is 1. The van der Waals surface area contributed by atoms with Crippen molar-refractivity contribution in [3.63, 3.8) is 0 Å². The summed E-state index contributed by atoms with van der Waals surface area (Å²) in [4.78, 5) is 25.4. The number of carbonyl (C=O) groups is 2. The van der Waals surface area contributed by atoms with Gasteiger partial charge in [0.05, 0.1) is 6.10 Å². The van der Waals surface area contributed by atoms with Gasteiger partial charge in [0.2, 0.25) is 0 Å². The Morgan fingerprint density at radius 2 is 2.09 bits per heavy atom. The highest BCUT2D eigenvalue weighted by atomic mass is 16.5. The maximum atomic E-state index is 12.7. The lowest BCUT2D eigenvalue weighted by Gasteiger charge is -2.20. The van der Waals surface area contributed by atoms with E-state index in [-0.39, 0.29) is 24.8 Å². The monoisotopic (exact) mass is 303 g/mol. The topological polar surface area (TPSA) is 80.0 Å². The zero-order valence-electron chi connectivity index (χ0n) is 12.4. The van der Waals surface area contributed by atoms with Gasteiger partial charge >= 0.3 is 5.97 Å². The van der Waals surface area contributed by atoms with Crippen LogP contribution in [0.4, 0.5) is 0 Å². The molecule has 1 aromatic heterocycles. The molecule has 0 radical (unpaired) electrons. The van der Waals surface area contributed by atoms with E-state index < -0.39 is 17.9 Å². The number of nitrogens with zero attached hydrogens (tertiary/aromatic N) is 1. The third-order valence-corrected chi connectivity index (χ3v) is 4.18. The van der Waals surface area contributed by atoms with Gasteiger partial charge in [-0.3, -0.25) is 4.79 Å². The minimum atomic E-state index is -1.03. The zero-order valence-corrected chi connectivity index (χ0v) is 12.4. The Kier molecular flexibility index (Phi) is 3.62. The number of carboxylic acids is 1. The molecule has 0 saturated carbocycles. The van der Waals surface area contributed by atoms with Crippen LogP contribution < -0.4 is 0 Å². The van der Waals surface area contributed by atoms with Crippen molar-refractivity contribution in [2.24, 2.45) is 0 Å². The van der Waals surface area contributed by atoms with Crippen LogP contribution in [0.1, 0.15) is 22.5 Å². The summed E-state index contributed by atoms with van der Waals surface area (Å²) in [6.45, 7) is 2.06. The summed E-state index contributed by atoms with van der Waals surface area (Å²) in [5, 5.41) is 10.2. The van der Waals surface area contributed by atoms with Crippen LogP contribution >= 0.6 is 0 Å². The van der Waals surface area contributed by atoms with Gasteiger partial charge in [0.1, 0.15) is 11.6 Å². The Morgan fingerprint density at radius 1 is 1.36 bits per heavy atom. The number of aryl methyl sites for hydroxylation is 1. The molecule has 1 aliphatic heterocycles. The van der Waals surface area contributed by atoms with Crippen molar-refractivity contribution >= 4 is 22.8 Å². The Morgan fingerprint density at radius 3 is 2.73 bits per heavy atom. The van der Waals surface area contributed by atoms with Crippen molar-refractivity contribution in [2.75, 3.05) is 13.7 Å². The number of hydrogen-bond acceptors (Lipinski definition) is 4. The van der Waals surface area contributed by atoms with Crippen molar-refractivity contribution < 1.29 is 23.8 Å². The van der Waals surface area contributed by atoms with E-state index in [0.717, 1.165) is 10.9 Å². The molecule has 2 heterocycles. The second-order valence-electron chi connectivity index (χ2n) is 5.46. The lowest BCUT2D eigenvalue weighted by molar-refractivity contribution is -0.141. The highest BCUT2D eigenvalue weighted by Crippen LogP contribution is 2.29. The maximum Gasteiger partial charge on any atom is 0.326 e. The van der Waals surface area contributed by atoms with Gasteiger partial charge in [-0.05, 0) is 13.0 Å². The summed E-state index contributed by atoms with van der Waals surface area (Å²) in [7, 11) is 1.52. The van der Waals surface area contributed by atoms with Crippen molar-refractivity contribution in [2.45, 2.75) is 25.5 Å². The minimum absolute atomic E-state index is 0.198. The van der Waals surface area contributed by atoms with E-state index in [4.69, 9.17) is 9.15 Å². The standard InChI is InChI=1S/C16H17NO5/c1-9-11-5-3-4-6-13(11)22-14(9)15(18)17-8-10(21-2)7-12(17)16(19)20/h3-6,10,12H,7-8H2,1-2H3,(H,19,20). The first kappa shape index (κ1) is 14.6. The van der Waals surface area contributed by atoms with Gasteiger partial charge in [-0.2, -0.15) is 0 Å². The number of carbonyl (C=O) groups excluding carboxylic acids is 1. The number of rotatable bonds is 3. The second-order valence-corrected chi connectivity index (χ2v) is 5.46. The predicted molar refractivity (Wildman–Crippen MR) is 78.8 cm³/mol. The minimum Gasteiger partial charge on any atom is -0.480 e. The van der Waals surface area contributed by atoms with E-state index in [2.05, 4.69) is 0 Å². The van der Waals surface area contributed by atoms with Crippen LogP contribution in [-0.4, -0.2) is 47.7 Å². The first-order chi connectivity index (χ1) is 10.5. The molecule has 1 aromatic carbocycles. The largest absolute Gasteiger partial charge is 0.480 e. The molecule has 0 spiro atoms. The van der Waals surface area contributed by atoms with Crippen LogP contribution in [-0.2, 0) is 9.53 Å². The number of ether oxygens (including phenoxy) is 1. The number of amides is 1. The van der Waals surface area contributed by atoms with E-state index in [0.29, 0.717) is 5.58 Å². The molecule has 2 atom stereocenters. The Hall–Kier alpha value is -2.34. The van der Waals surface area contributed by atoms with E-state index in [1.165, 1.54) is 12.0 Å². The number of aliphatic carboxylic acids is 1. The number of benzene rings is 1. The Bertz CT molecular complexity index is 735. The van der Waals surface area contributed by atoms with E-state index in [1.54, 1.807) is 13.0 Å². The summed E-state index contributed by atoms with van der Waals surface area (Å²) in [6.07, 6.45) is 0.0198. The normalized spacial score (nSPS) is 21.5. The average Bonchev–Trinajstić information content (AvgIpc) is 3.09. The fourth-order valence-corrected chi connectivity index (χ4v) is 2.94. The summed E-state index contributed by atoms with van der Waals surface area (Å²) in [6, 6.07) is 6.48. The van der Waals surface area contributed by atoms with Crippen LogP contribution in [0.2, 0.25) is 0 Å². The van der Waals surface area contributed by atoms with Crippen molar-refractivity contribution in [1.29, 1.82) is 0 Å². The molecular formula is C16H17NO5. The molecule has 6 heteroatoms. The molecule has 1 fully saturated rings. The number of methoxy groups -OCH3 is 1. The fraction of sp³-hybridized carbons (Fsp3) is 0.375. The van der Waals surface area contributed by atoms with Crippen molar-refractivity contribution in [3.05, 3.63) is 35.6 Å². The quantitative estimate of drug-likeness (QED) is 0.938. The molecule has 6 nitrogen and oxygen atoms in total. The average molecular weight is 303 g/mol. The Balaban J connectivity index is 1.98. The molecule has 2 aromatic rings. The third-order valence-electron chi connectivity index (χ3n) is 4.18. The molecule has 0 bridgehead atoms. The lowest BCUT2D eigenvalue weighted by atomic mass is 10.1.